The number of ether oxygens (including phenoxy) is 1. The van der Waals surface area contributed by atoms with Crippen molar-refractivity contribution < 1.29 is 17.5 Å². The Morgan fingerprint density at radius 3 is 2.51 bits per heavy atom. The second kappa shape index (κ2) is 12.4. The molecule has 6 rings (SSSR count). The highest BCUT2D eigenvalue weighted by atomic mass is 79.9. The van der Waals surface area contributed by atoms with Gasteiger partial charge in [0, 0.05) is 69.7 Å². The third-order valence-electron chi connectivity index (χ3n) is 8.19. The van der Waals surface area contributed by atoms with Crippen molar-refractivity contribution in [2.24, 2.45) is 0 Å². The fourth-order valence-corrected chi connectivity index (χ4v) is 6.74. The van der Waals surface area contributed by atoms with Gasteiger partial charge in [0.05, 0.1) is 34.4 Å². The van der Waals surface area contributed by atoms with Crippen molar-refractivity contribution in [3.8, 4) is 5.75 Å². The van der Waals surface area contributed by atoms with Gasteiger partial charge in [-0.1, -0.05) is 0 Å². The zero-order valence-electron chi connectivity index (χ0n) is 24.2. The van der Waals surface area contributed by atoms with E-state index in [0.29, 0.717) is 57.9 Å². The number of nitrogens with one attached hydrogen (secondary N) is 3. The van der Waals surface area contributed by atoms with E-state index in [1.807, 2.05) is 6.07 Å². The summed E-state index contributed by atoms with van der Waals surface area (Å²) in [4.78, 5) is 16.0. The van der Waals surface area contributed by atoms with E-state index in [0.717, 1.165) is 63.9 Å². The SMILES string of the molecule is CN1CCN(C2CCN(c3ccc(Nc4ncc(Br)c(Nc5cc6c(cc5NS(C)(=O)=O)CCO6)n4)cc3F)CC2)CC1. The van der Waals surface area contributed by atoms with Crippen molar-refractivity contribution >= 4 is 60.5 Å². The molecule has 11 nitrogen and oxygen atoms in total. The molecule has 2 aromatic carbocycles. The highest BCUT2D eigenvalue weighted by Gasteiger charge is 2.28. The third kappa shape index (κ3) is 7.14. The lowest BCUT2D eigenvalue weighted by molar-refractivity contribution is 0.0981. The van der Waals surface area contributed by atoms with Gasteiger partial charge in [0.15, 0.2) is 0 Å². The Balaban J connectivity index is 1.13. The summed E-state index contributed by atoms with van der Waals surface area (Å²) in [5.74, 6) is 1.03. The third-order valence-corrected chi connectivity index (χ3v) is 9.36. The van der Waals surface area contributed by atoms with Crippen LogP contribution < -0.4 is 25.0 Å². The molecule has 3 aromatic rings. The first kappa shape index (κ1) is 29.9. The molecule has 3 aliphatic heterocycles. The fraction of sp³-hybridized carbons (Fsp3) is 0.448. The normalized spacial score (nSPS) is 18.3. The molecule has 14 heteroatoms. The van der Waals surface area contributed by atoms with Crippen molar-refractivity contribution in [3.05, 3.63) is 52.4 Å². The molecule has 0 amide bonds. The van der Waals surface area contributed by atoms with E-state index in [2.05, 4.69) is 63.0 Å². The number of likely N-dealkylation sites (N-methyl/N-ethyl adjacent to an activating group) is 1. The summed E-state index contributed by atoms with van der Waals surface area (Å²) >= 11 is 3.46. The van der Waals surface area contributed by atoms with E-state index in [-0.39, 0.29) is 11.8 Å². The van der Waals surface area contributed by atoms with Gasteiger partial charge in [0.2, 0.25) is 16.0 Å². The maximum Gasteiger partial charge on any atom is 0.229 e. The van der Waals surface area contributed by atoms with Crippen molar-refractivity contribution in [1.29, 1.82) is 0 Å². The smallest absolute Gasteiger partial charge is 0.229 e. The summed E-state index contributed by atoms with van der Waals surface area (Å²) in [5, 5.41) is 6.27. The van der Waals surface area contributed by atoms with Crippen molar-refractivity contribution in [3.63, 3.8) is 0 Å². The van der Waals surface area contributed by atoms with Crippen LogP contribution in [-0.4, -0.2) is 93.4 Å². The average molecular weight is 676 g/mol. The van der Waals surface area contributed by atoms with Crippen LogP contribution in [0.1, 0.15) is 18.4 Å². The molecular formula is C29H36BrFN8O3S. The highest BCUT2D eigenvalue weighted by molar-refractivity contribution is 9.10. The van der Waals surface area contributed by atoms with E-state index in [1.165, 1.54) is 6.07 Å². The van der Waals surface area contributed by atoms with Crippen LogP contribution in [0.3, 0.4) is 0 Å². The first-order valence-electron chi connectivity index (χ1n) is 14.4. The number of halogens is 2. The van der Waals surface area contributed by atoms with Crippen LogP contribution in [-0.2, 0) is 16.4 Å². The zero-order valence-corrected chi connectivity index (χ0v) is 26.6. The molecule has 2 saturated heterocycles. The number of anilines is 6. The Bertz CT molecular complexity index is 1590. The van der Waals surface area contributed by atoms with Gasteiger partial charge in [0.25, 0.3) is 0 Å². The van der Waals surface area contributed by atoms with E-state index in [4.69, 9.17) is 4.74 Å². The average Bonchev–Trinajstić information content (AvgIpc) is 3.42. The van der Waals surface area contributed by atoms with E-state index in [9.17, 15) is 8.42 Å². The van der Waals surface area contributed by atoms with Gasteiger partial charge in [-0.3, -0.25) is 9.62 Å². The molecule has 0 bridgehead atoms. The lowest BCUT2D eigenvalue weighted by atomic mass is 10.0. The van der Waals surface area contributed by atoms with Crippen molar-refractivity contribution in [1.82, 2.24) is 19.8 Å². The quantitative estimate of drug-likeness (QED) is 0.318. The van der Waals surface area contributed by atoms with Crippen LogP contribution in [0.2, 0.25) is 0 Å². The van der Waals surface area contributed by atoms with E-state index in [1.54, 1.807) is 24.4 Å². The molecule has 43 heavy (non-hydrogen) atoms. The minimum absolute atomic E-state index is 0.251. The molecule has 0 saturated carbocycles. The van der Waals surface area contributed by atoms with Gasteiger partial charge in [-0.15, -0.1) is 0 Å². The van der Waals surface area contributed by atoms with Gasteiger partial charge in [-0.2, -0.15) is 4.98 Å². The van der Waals surface area contributed by atoms with Crippen LogP contribution in [0.15, 0.2) is 41.0 Å². The number of piperidine rings is 1. The monoisotopic (exact) mass is 674 g/mol. The number of sulfonamides is 1. The zero-order chi connectivity index (χ0) is 30.1. The molecule has 0 aliphatic carbocycles. The molecule has 0 radical (unpaired) electrons. The minimum atomic E-state index is -3.52. The summed E-state index contributed by atoms with van der Waals surface area (Å²) in [6.07, 6.45) is 5.43. The molecule has 0 spiro atoms. The molecule has 4 heterocycles. The lowest BCUT2D eigenvalue weighted by Crippen LogP contribution is -2.52. The van der Waals surface area contributed by atoms with Gasteiger partial charge in [-0.05, 0) is 65.6 Å². The Hall–Kier alpha value is -3.20. The standard InChI is InChI=1S/C29H36BrFN8O3S/c1-37-10-12-38(13-11-37)21-5-8-39(9-6-21)26-4-3-20(16-23(26)31)33-29-32-18-22(30)28(35-29)34-24-17-27-19(7-14-42-27)15-25(24)36-43(2,40)41/h3-4,15-18,21,36H,5-14H2,1-2H3,(H2,32,33,34,35). The largest absolute Gasteiger partial charge is 0.493 e. The van der Waals surface area contributed by atoms with Crippen molar-refractivity contribution in [2.75, 3.05) is 79.4 Å². The van der Waals surface area contributed by atoms with Crippen LogP contribution >= 0.6 is 15.9 Å². The predicted octanol–water partition coefficient (Wildman–Crippen LogP) is 4.39. The minimum Gasteiger partial charge on any atom is -0.493 e. The number of hydrogen-bond donors (Lipinski definition) is 3. The van der Waals surface area contributed by atoms with Gasteiger partial charge in [0.1, 0.15) is 17.4 Å². The maximum absolute atomic E-state index is 15.3. The van der Waals surface area contributed by atoms with Crippen LogP contribution in [0.4, 0.5) is 38.9 Å². The molecule has 2 fully saturated rings. The fourth-order valence-electron chi connectivity index (χ4n) is 5.88. The number of benzene rings is 2. The predicted molar refractivity (Wildman–Crippen MR) is 171 cm³/mol. The Morgan fingerprint density at radius 2 is 1.79 bits per heavy atom. The summed E-state index contributed by atoms with van der Waals surface area (Å²) in [7, 11) is -1.36. The first-order valence-corrected chi connectivity index (χ1v) is 17.1. The molecule has 3 N–H and O–H groups in total. The highest BCUT2D eigenvalue weighted by Crippen LogP contribution is 2.38. The number of piperazine rings is 1. The van der Waals surface area contributed by atoms with Gasteiger partial charge < -0.3 is 25.2 Å². The topological polar surface area (TPSA) is 115 Å². The maximum atomic E-state index is 15.3. The second-order valence-corrected chi connectivity index (χ2v) is 13.9. The van der Waals surface area contributed by atoms with E-state index < -0.39 is 10.0 Å². The van der Waals surface area contributed by atoms with Crippen LogP contribution in [0, 0.1) is 5.82 Å². The molecular weight excluding hydrogens is 639 g/mol. The molecule has 0 atom stereocenters. The Kier molecular flexibility index (Phi) is 8.63. The Labute approximate surface area is 260 Å². The number of fused-ring (bicyclic) bond motifs is 1. The summed E-state index contributed by atoms with van der Waals surface area (Å²) in [6.45, 7) is 6.61. The summed E-state index contributed by atoms with van der Waals surface area (Å²) < 4.78 is 48.2. The summed E-state index contributed by atoms with van der Waals surface area (Å²) in [5.41, 5.74) is 2.91. The number of aromatic nitrogens is 2. The molecule has 1 aromatic heterocycles. The number of rotatable bonds is 8. The molecule has 3 aliphatic rings. The van der Waals surface area contributed by atoms with E-state index >= 15 is 4.39 Å². The van der Waals surface area contributed by atoms with Gasteiger partial charge >= 0.3 is 0 Å². The second-order valence-electron chi connectivity index (χ2n) is 11.3. The first-order chi connectivity index (χ1) is 20.6. The summed E-state index contributed by atoms with van der Waals surface area (Å²) in [6, 6.07) is 9.17. The number of hydrogen-bond acceptors (Lipinski definition) is 10. The van der Waals surface area contributed by atoms with Gasteiger partial charge in [-0.25, -0.2) is 17.8 Å². The van der Waals surface area contributed by atoms with Crippen LogP contribution in [0.5, 0.6) is 5.75 Å². The van der Waals surface area contributed by atoms with Crippen molar-refractivity contribution in [2.45, 2.75) is 25.3 Å². The van der Waals surface area contributed by atoms with Crippen LogP contribution in [0.25, 0.3) is 0 Å². The molecule has 0 unspecified atom stereocenters. The lowest BCUT2D eigenvalue weighted by Gasteiger charge is -2.42. The number of nitrogens with zero attached hydrogens (tertiary/aromatic N) is 5. The molecule has 230 valence electrons. The Morgan fingerprint density at radius 1 is 1.02 bits per heavy atom.